The highest BCUT2D eigenvalue weighted by Gasteiger charge is 2.51. The highest BCUT2D eigenvalue weighted by Crippen LogP contribution is 2.32. The molecule has 1 saturated heterocycles. The number of likely N-dealkylation sites (N-methyl/N-ethyl adjacent to an activating group) is 2. The highest BCUT2D eigenvalue weighted by molar-refractivity contribution is 5.04. The Morgan fingerprint density at radius 2 is 1.79 bits per heavy atom. The molecule has 1 unspecified atom stereocenters. The fourth-order valence-corrected chi connectivity index (χ4v) is 4.85. The maximum atomic E-state index is 11.2. The van der Waals surface area contributed by atoms with Crippen molar-refractivity contribution in [3.8, 4) is 0 Å². The molecule has 3 aliphatic rings. The lowest BCUT2D eigenvalue weighted by atomic mass is 9.83. The Balaban J connectivity index is 1.72. The number of hydrogen-bond acceptors (Lipinski definition) is 12. The molecule has 2 aliphatic heterocycles. The molecule has 0 amide bonds. The van der Waals surface area contributed by atoms with Crippen molar-refractivity contribution in [2.45, 2.75) is 93.0 Å². The van der Waals surface area contributed by atoms with Gasteiger partial charge >= 0.3 is 0 Å². The van der Waals surface area contributed by atoms with Crippen LogP contribution in [0.25, 0.3) is 0 Å². The van der Waals surface area contributed by atoms with E-state index in [4.69, 9.17) is 36.1 Å². The van der Waals surface area contributed by atoms with Crippen LogP contribution < -0.4 is 27.8 Å². The fourth-order valence-electron chi connectivity index (χ4n) is 4.85. The summed E-state index contributed by atoms with van der Waals surface area (Å²) < 4.78 is 23.6. The molecule has 12 nitrogen and oxygen atoms in total. The lowest BCUT2D eigenvalue weighted by Gasteiger charge is -2.48. The van der Waals surface area contributed by atoms with E-state index in [1.54, 1.807) is 21.0 Å². The molecular formula is C21H41N5O7. The summed E-state index contributed by atoms with van der Waals surface area (Å²) in [6.45, 7) is 1.96. The van der Waals surface area contributed by atoms with Gasteiger partial charge in [0, 0.05) is 18.5 Å². The van der Waals surface area contributed by atoms with Gasteiger partial charge in [-0.05, 0) is 46.5 Å². The Labute approximate surface area is 194 Å². The van der Waals surface area contributed by atoms with Gasteiger partial charge in [-0.15, -0.1) is 0 Å². The number of aliphatic hydroxyl groups excluding tert-OH is 2. The number of rotatable bonds is 8. The van der Waals surface area contributed by atoms with Gasteiger partial charge in [-0.2, -0.15) is 0 Å². The largest absolute Gasteiger partial charge is 0.468 e. The fraction of sp³-hybridized carbons (Fsp3) is 0.905. The van der Waals surface area contributed by atoms with Crippen LogP contribution >= 0.6 is 0 Å². The Hall–Kier alpha value is -0.900. The highest BCUT2D eigenvalue weighted by atomic mass is 16.7. The Bertz CT molecular complexity index is 669. The average molecular weight is 476 g/mol. The first-order valence-corrected chi connectivity index (χ1v) is 11.6. The van der Waals surface area contributed by atoms with E-state index in [0.29, 0.717) is 31.6 Å². The number of hydrogen-bond donors (Lipinski definition) is 8. The molecule has 0 aromatic heterocycles. The van der Waals surface area contributed by atoms with Crippen LogP contribution in [0, 0.1) is 0 Å². The summed E-state index contributed by atoms with van der Waals surface area (Å²) in [7, 11) is 3.38. The third-order valence-electron chi connectivity index (χ3n) is 6.74. The van der Waals surface area contributed by atoms with E-state index in [1.165, 1.54) is 0 Å². The first-order valence-electron chi connectivity index (χ1n) is 11.6. The third kappa shape index (κ3) is 5.85. The van der Waals surface area contributed by atoms with E-state index in [1.807, 2.05) is 6.08 Å². The Morgan fingerprint density at radius 1 is 1.09 bits per heavy atom. The molecule has 3 rings (SSSR count). The molecule has 0 aromatic carbocycles. The third-order valence-corrected chi connectivity index (χ3v) is 6.74. The number of nitrogens with two attached hydrogens (primary N) is 3. The van der Waals surface area contributed by atoms with Gasteiger partial charge in [-0.1, -0.05) is 0 Å². The topological polar surface area (TPSA) is 200 Å². The van der Waals surface area contributed by atoms with Crippen molar-refractivity contribution in [3.63, 3.8) is 0 Å². The summed E-state index contributed by atoms with van der Waals surface area (Å²) in [5.41, 5.74) is 16.9. The molecule has 1 aliphatic carbocycles. The van der Waals surface area contributed by atoms with Crippen LogP contribution in [0.15, 0.2) is 11.8 Å². The summed E-state index contributed by atoms with van der Waals surface area (Å²) in [4.78, 5) is 0. The minimum atomic E-state index is -1.28. The molecule has 2 fully saturated rings. The van der Waals surface area contributed by atoms with Gasteiger partial charge < -0.3 is 62.1 Å². The van der Waals surface area contributed by atoms with Crippen LogP contribution in [-0.4, -0.2) is 109 Å². The monoisotopic (exact) mass is 475 g/mol. The van der Waals surface area contributed by atoms with Crippen molar-refractivity contribution in [1.29, 1.82) is 0 Å². The van der Waals surface area contributed by atoms with Gasteiger partial charge in [-0.3, -0.25) is 0 Å². The Morgan fingerprint density at radius 3 is 2.42 bits per heavy atom. The quantitative estimate of drug-likeness (QED) is 0.175. The van der Waals surface area contributed by atoms with E-state index < -0.39 is 60.7 Å². The molecule has 0 spiro atoms. The molecule has 0 radical (unpaired) electrons. The van der Waals surface area contributed by atoms with Crippen molar-refractivity contribution >= 4 is 0 Å². The van der Waals surface area contributed by atoms with Crippen molar-refractivity contribution in [1.82, 2.24) is 10.6 Å². The second-order valence-electron chi connectivity index (χ2n) is 9.38. The summed E-state index contributed by atoms with van der Waals surface area (Å²) in [5, 5.41) is 38.5. The van der Waals surface area contributed by atoms with E-state index in [0.717, 1.165) is 0 Å². The molecule has 11 N–H and O–H groups in total. The standard InChI is InChI=1S/C21H41N5O7/c1-21(29)9-30-20(15(28)18(21)26-3)33-17-13(25-2)8-12(24)16(14(17)27)32-19-11(23)5-4-10(31-19)6-7-22/h4,11-20,25-29H,5-9,22-24H2,1-3H3/t11-,12+,13-,14+,15-,16?,17+,18-,19-,20-,21+/m1/s1. The summed E-state index contributed by atoms with van der Waals surface area (Å²) in [6.07, 6.45) is -2.35. The molecule has 2 heterocycles. The molecular weight excluding hydrogens is 434 g/mol. The van der Waals surface area contributed by atoms with Crippen LogP contribution in [0.2, 0.25) is 0 Å². The minimum absolute atomic E-state index is 0.0479. The summed E-state index contributed by atoms with van der Waals surface area (Å²) in [6, 6.07) is -1.94. The Kier molecular flexibility index (Phi) is 9.08. The van der Waals surface area contributed by atoms with Crippen LogP contribution in [0.5, 0.6) is 0 Å². The predicted octanol–water partition coefficient (Wildman–Crippen LogP) is -3.20. The maximum absolute atomic E-state index is 11.2. The summed E-state index contributed by atoms with van der Waals surface area (Å²) in [5.74, 6) is 0.702. The number of aliphatic hydroxyl groups is 3. The van der Waals surface area contributed by atoms with E-state index >= 15 is 0 Å². The van der Waals surface area contributed by atoms with Crippen molar-refractivity contribution < 1.29 is 34.3 Å². The molecule has 12 heteroatoms. The summed E-state index contributed by atoms with van der Waals surface area (Å²) >= 11 is 0. The van der Waals surface area contributed by atoms with E-state index in [2.05, 4.69) is 10.6 Å². The molecule has 192 valence electrons. The second kappa shape index (κ2) is 11.2. The molecule has 0 aromatic rings. The van der Waals surface area contributed by atoms with Crippen LogP contribution in [0.4, 0.5) is 0 Å². The van der Waals surface area contributed by atoms with E-state index in [9.17, 15) is 15.3 Å². The van der Waals surface area contributed by atoms with Crippen molar-refractivity contribution in [2.75, 3.05) is 27.2 Å². The van der Waals surface area contributed by atoms with E-state index in [-0.39, 0.29) is 12.6 Å². The minimum Gasteiger partial charge on any atom is -0.468 e. The molecule has 33 heavy (non-hydrogen) atoms. The van der Waals surface area contributed by atoms with Crippen molar-refractivity contribution in [3.05, 3.63) is 11.8 Å². The van der Waals surface area contributed by atoms with Crippen LogP contribution in [-0.2, 0) is 18.9 Å². The zero-order chi connectivity index (χ0) is 24.3. The molecule has 0 bridgehead atoms. The van der Waals surface area contributed by atoms with Crippen molar-refractivity contribution in [2.24, 2.45) is 17.2 Å². The van der Waals surface area contributed by atoms with Gasteiger partial charge in [0.25, 0.3) is 0 Å². The number of nitrogens with one attached hydrogen (secondary N) is 2. The second-order valence-corrected chi connectivity index (χ2v) is 9.38. The van der Waals surface area contributed by atoms with Gasteiger partial charge in [0.05, 0.1) is 24.4 Å². The average Bonchev–Trinajstić information content (AvgIpc) is 2.76. The SMILES string of the molecule is CN[C@@H]1[C@@H](O)[C@@H](O[C@H]2[C@H](NC)C[C@H](N)C(O[C@H]3OC(CCN)=CC[C@H]3N)[C@@H]2O)OC[C@]1(C)O. The zero-order valence-electron chi connectivity index (χ0n) is 19.6. The number of ether oxygens (including phenoxy) is 4. The smallest absolute Gasteiger partial charge is 0.215 e. The van der Waals surface area contributed by atoms with Gasteiger partial charge in [0.15, 0.2) is 6.29 Å². The van der Waals surface area contributed by atoms with Crippen LogP contribution in [0.3, 0.4) is 0 Å². The van der Waals surface area contributed by atoms with Gasteiger partial charge in [-0.25, -0.2) is 0 Å². The first kappa shape index (κ1) is 26.7. The van der Waals surface area contributed by atoms with Gasteiger partial charge in [0.2, 0.25) is 6.29 Å². The van der Waals surface area contributed by atoms with Gasteiger partial charge in [0.1, 0.15) is 30.0 Å². The molecule has 1 saturated carbocycles. The maximum Gasteiger partial charge on any atom is 0.215 e. The van der Waals surface area contributed by atoms with Crippen LogP contribution in [0.1, 0.15) is 26.2 Å². The lowest BCUT2D eigenvalue weighted by Crippen LogP contribution is -2.68. The lowest BCUT2D eigenvalue weighted by molar-refractivity contribution is -0.304. The predicted molar refractivity (Wildman–Crippen MR) is 120 cm³/mol. The molecule has 11 atom stereocenters. The first-order chi connectivity index (χ1) is 15.6. The normalized spacial score (nSPS) is 46.5. The zero-order valence-corrected chi connectivity index (χ0v) is 19.6.